The topological polar surface area (TPSA) is 33.1 Å². The van der Waals surface area contributed by atoms with Crippen molar-refractivity contribution in [1.29, 1.82) is 0 Å². The number of aromatic nitrogens is 2. The van der Waals surface area contributed by atoms with Crippen molar-refractivity contribution in [3.05, 3.63) is 64.7 Å². The molecule has 1 N–H and O–H groups in total. The van der Waals surface area contributed by atoms with E-state index < -0.39 is 0 Å². The van der Waals surface area contributed by atoms with E-state index in [0.29, 0.717) is 11.6 Å². The lowest BCUT2D eigenvalue weighted by atomic mass is 10.0. The number of fused-ring (bicyclic) bond motifs is 1. The average molecular weight is 395 g/mol. The Balaban J connectivity index is 0.00000196. The van der Waals surface area contributed by atoms with Crippen LogP contribution in [-0.4, -0.2) is 34.1 Å². The minimum absolute atomic E-state index is 0. The molecule has 0 amide bonds. The monoisotopic (exact) mass is 394 g/mol. The molecule has 26 heavy (non-hydrogen) atoms. The van der Waals surface area contributed by atoms with Crippen molar-refractivity contribution in [3.8, 4) is 0 Å². The highest BCUT2D eigenvalue weighted by atomic mass is 35.5. The van der Waals surface area contributed by atoms with E-state index in [9.17, 15) is 4.39 Å². The zero-order valence-electron chi connectivity index (χ0n) is 14.5. The van der Waals surface area contributed by atoms with Crippen molar-refractivity contribution >= 4 is 35.0 Å². The summed E-state index contributed by atoms with van der Waals surface area (Å²) in [7, 11) is 2.01. The third-order valence-corrected chi connectivity index (χ3v) is 5.10. The number of nitrogens with zero attached hydrogens (tertiary/aromatic N) is 3. The molecule has 1 unspecified atom stereocenters. The predicted octanol–water partition coefficient (Wildman–Crippen LogP) is 3.93. The lowest BCUT2D eigenvalue weighted by molar-refractivity contribution is 0.148. The van der Waals surface area contributed by atoms with Gasteiger partial charge in [0.1, 0.15) is 11.6 Å². The number of nitrogens with one attached hydrogen (secondary N) is 1. The maximum atomic E-state index is 13.6. The summed E-state index contributed by atoms with van der Waals surface area (Å²) in [5.41, 5.74) is 2.97. The molecular weight excluding hydrogens is 374 g/mol. The molecule has 1 fully saturated rings. The number of benzene rings is 2. The third-order valence-electron chi connectivity index (χ3n) is 4.87. The van der Waals surface area contributed by atoms with Crippen LogP contribution < -0.4 is 5.32 Å². The van der Waals surface area contributed by atoms with Crippen LogP contribution in [0.4, 0.5) is 4.39 Å². The summed E-state index contributed by atoms with van der Waals surface area (Å²) in [5, 5.41) is 4.12. The Bertz CT molecular complexity index is 912. The Morgan fingerprint density at radius 3 is 2.92 bits per heavy atom. The lowest BCUT2D eigenvalue weighted by Crippen LogP contribution is -2.45. The molecule has 0 saturated carbocycles. The SMILES string of the molecule is Cl.Cn1c(CN2CCNCC2c2cccc(F)c2)nc2ccc(Cl)cc21. The molecule has 0 aliphatic carbocycles. The molecule has 7 heteroatoms. The fourth-order valence-corrected chi connectivity index (χ4v) is 3.68. The fraction of sp³-hybridized carbons (Fsp3) is 0.316. The maximum absolute atomic E-state index is 13.6. The van der Waals surface area contributed by atoms with Gasteiger partial charge in [-0.25, -0.2) is 9.37 Å². The summed E-state index contributed by atoms with van der Waals surface area (Å²) in [6.45, 7) is 3.33. The molecule has 0 radical (unpaired) electrons. The van der Waals surface area contributed by atoms with Crippen LogP contribution in [0.5, 0.6) is 0 Å². The second-order valence-electron chi connectivity index (χ2n) is 6.47. The van der Waals surface area contributed by atoms with Gasteiger partial charge in [0.2, 0.25) is 0 Å². The first-order valence-corrected chi connectivity index (χ1v) is 8.81. The van der Waals surface area contributed by atoms with E-state index >= 15 is 0 Å². The van der Waals surface area contributed by atoms with Gasteiger partial charge in [0, 0.05) is 37.7 Å². The van der Waals surface area contributed by atoms with E-state index in [-0.39, 0.29) is 24.3 Å². The highest BCUT2D eigenvalue weighted by Gasteiger charge is 2.25. The molecule has 4 rings (SSSR count). The van der Waals surface area contributed by atoms with Crippen LogP contribution in [0.25, 0.3) is 11.0 Å². The van der Waals surface area contributed by atoms with Crippen molar-refractivity contribution in [2.24, 2.45) is 7.05 Å². The first-order valence-electron chi connectivity index (χ1n) is 8.43. The van der Waals surface area contributed by atoms with E-state index in [2.05, 4.69) is 14.8 Å². The zero-order chi connectivity index (χ0) is 17.4. The number of halogens is 3. The van der Waals surface area contributed by atoms with Gasteiger partial charge in [0.25, 0.3) is 0 Å². The molecule has 0 spiro atoms. The Hall–Kier alpha value is -1.66. The quantitative estimate of drug-likeness (QED) is 0.730. The Labute approximate surface area is 163 Å². The minimum Gasteiger partial charge on any atom is -0.330 e. The van der Waals surface area contributed by atoms with E-state index in [1.807, 2.05) is 31.3 Å². The summed E-state index contributed by atoms with van der Waals surface area (Å²) in [5.74, 6) is 0.793. The molecule has 3 aromatic rings. The Morgan fingerprint density at radius 1 is 1.27 bits per heavy atom. The average Bonchev–Trinajstić information content (AvgIpc) is 2.91. The third kappa shape index (κ3) is 3.71. The summed E-state index contributed by atoms with van der Waals surface area (Å²) >= 11 is 6.11. The molecular formula is C19H21Cl2FN4. The number of piperazine rings is 1. The number of aryl methyl sites for hydroxylation is 1. The van der Waals surface area contributed by atoms with Crippen LogP contribution >= 0.6 is 24.0 Å². The van der Waals surface area contributed by atoms with Gasteiger partial charge in [-0.1, -0.05) is 23.7 Å². The number of rotatable bonds is 3. The number of imidazole rings is 1. The normalized spacial score (nSPS) is 18.0. The van der Waals surface area contributed by atoms with Gasteiger partial charge in [0.05, 0.1) is 17.6 Å². The van der Waals surface area contributed by atoms with Gasteiger partial charge in [-0.05, 0) is 35.9 Å². The zero-order valence-corrected chi connectivity index (χ0v) is 16.0. The second kappa shape index (κ2) is 7.92. The summed E-state index contributed by atoms with van der Waals surface area (Å²) in [4.78, 5) is 7.12. The van der Waals surface area contributed by atoms with Gasteiger partial charge in [-0.2, -0.15) is 0 Å². The Kier molecular flexibility index (Phi) is 5.82. The van der Waals surface area contributed by atoms with Crippen LogP contribution in [0.15, 0.2) is 42.5 Å². The van der Waals surface area contributed by atoms with Gasteiger partial charge in [-0.3, -0.25) is 4.90 Å². The van der Waals surface area contributed by atoms with Crippen LogP contribution in [0.2, 0.25) is 5.02 Å². The Morgan fingerprint density at radius 2 is 2.12 bits per heavy atom. The summed E-state index contributed by atoms with van der Waals surface area (Å²) in [6, 6.07) is 12.8. The van der Waals surface area contributed by atoms with Crippen LogP contribution in [0.1, 0.15) is 17.4 Å². The standard InChI is InChI=1S/C19H20ClFN4.ClH/c1-24-17-10-14(20)5-6-16(17)23-19(24)12-25-8-7-22-11-18(25)13-3-2-4-15(21)9-13;/h2-6,9-10,18,22H,7-8,11-12H2,1H3;1H. The van der Waals surface area contributed by atoms with Gasteiger partial charge >= 0.3 is 0 Å². The predicted molar refractivity (Wildman–Crippen MR) is 105 cm³/mol. The first kappa shape index (κ1) is 19.1. The van der Waals surface area contributed by atoms with E-state index in [4.69, 9.17) is 16.6 Å². The van der Waals surface area contributed by atoms with Gasteiger partial charge in [-0.15, -0.1) is 12.4 Å². The molecule has 2 aromatic carbocycles. The summed E-state index contributed by atoms with van der Waals surface area (Å²) in [6.07, 6.45) is 0. The molecule has 1 aliphatic heterocycles. The minimum atomic E-state index is -0.194. The largest absolute Gasteiger partial charge is 0.330 e. The van der Waals surface area contributed by atoms with Crippen LogP contribution in [0, 0.1) is 5.82 Å². The highest BCUT2D eigenvalue weighted by molar-refractivity contribution is 6.31. The van der Waals surface area contributed by atoms with Crippen molar-refractivity contribution in [1.82, 2.24) is 19.8 Å². The highest BCUT2D eigenvalue weighted by Crippen LogP contribution is 2.26. The van der Waals surface area contributed by atoms with Gasteiger partial charge < -0.3 is 9.88 Å². The van der Waals surface area contributed by atoms with Crippen LogP contribution in [0.3, 0.4) is 0 Å². The van der Waals surface area contributed by atoms with Crippen LogP contribution in [-0.2, 0) is 13.6 Å². The number of hydrogen-bond donors (Lipinski definition) is 1. The van der Waals surface area contributed by atoms with Crippen molar-refractivity contribution in [2.45, 2.75) is 12.6 Å². The molecule has 2 heterocycles. The first-order chi connectivity index (χ1) is 12.1. The molecule has 1 atom stereocenters. The fourth-order valence-electron chi connectivity index (χ4n) is 3.51. The second-order valence-corrected chi connectivity index (χ2v) is 6.90. The van der Waals surface area contributed by atoms with Crippen molar-refractivity contribution in [2.75, 3.05) is 19.6 Å². The lowest BCUT2D eigenvalue weighted by Gasteiger charge is -2.36. The van der Waals surface area contributed by atoms with Crippen molar-refractivity contribution < 1.29 is 4.39 Å². The van der Waals surface area contributed by atoms with Crippen molar-refractivity contribution in [3.63, 3.8) is 0 Å². The van der Waals surface area contributed by atoms with E-state index in [0.717, 1.165) is 42.1 Å². The molecule has 1 aliphatic rings. The van der Waals surface area contributed by atoms with E-state index in [1.54, 1.807) is 12.1 Å². The molecule has 1 aromatic heterocycles. The van der Waals surface area contributed by atoms with Gasteiger partial charge in [0.15, 0.2) is 0 Å². The summed E-state index contributed by atoms with van der Waals surface area (Å²) < 4.78 is 15.7. The molecule has 1 saturated heterocycles. The molecule has 4 nitrogen and oxygen atoms in total. The van der Waals surface area contributed by atoms with E-state index in [1.165, 1.54) is 6.07 Å². The molecule has 138 valence electrons. The molecule has 0 bridgehead atoms. The number of hydrogen-bond acceptors (Lipinski definition) is 3. The maximum Gasteiger partial charge on any atom is 0.123 e. The smallest absolute Gasteiger partial charge is 0.123 e.